The number of hydrogen-bond donors (Lipinski definition) is 1. The highest BCUT2D eigenvalue weighted by Gasteiger charge is 2.29. The lowest BCUT2D eigenvalue weighted by Crippen LogP contribution is -2.21. The summed E-state index contributed by atoms with van der Waals surface area (Å²) in [4.78, 5) is 11.4. The fraction of sp³-hybridized carbons (Fsp3) is 0.588. The standard InChI is InChI=1S/C17H26O4/c1-16(2,3)12-8-11(15(18)19)9-13(17(4,5)6)14(12)21-10-20-7/h8-9H,10H2,1-7H3,(H,18,19). The summed E-state index contributed by atoms with van der Waals surface area (Å²) in [5.41, 5.74) is 1.59. The molecule has 0 heterocycles. The largest absolute Gasteiger partial charge is 0.478 e. The molecule has 4 nitrogen and oxygen atoms in total. The van der Waals surface area contributed by atoms with Crippen LogP contribution in [0.1, 0.15) is 63.0 Å². The molecule has 0 unspecified atom stereocenters. The molecule has 0 aliphatic heterocycles. The Morgan fingerprint density at radius 3 is 1.76 bits per heavy atom. The number of rotatable bonds is 4. The van der Waals surface area contributed by atoms with E-state index < -0.39 is 5.97 Å². The maximum atomic E-state index is 11.4. The van der Waals surface area contributed by atoms with Crippen LogP contribution in [0.3, 0.4) is 0 Å². The lowest BCUT2D eigenvalue weighted by atomic mass is 9.78. The minimum atomic E-state index is -0.927. The third kappa shape index (κ3) is 4.21. The molecule has 0 saturated heterocycles. The zero-order valence-corrected chi connectivity index (χ0v) is 14.0. The first kappa shape index (κ1) is 17.5. The smallest absolute Gasteiger partial charge is 0.335 e. The summed E-state index contributed by atoms with van der Waals surface area (Å²) in [5, 5.41) is 9.37. The molecule has 0 bridgehead atoms. The van der Waals surface area contributed by atoms with Gasteiger partial charge in [0.15, 0.2) is 6.79 Å². The number of hydrogen-bond acceptors (Lipinski definition) is 3. The van der Waals surface area contributed by atoms with Gasteiger partial charge in [-0.25, -0.2) is 4.79 Å². The monoisotopic (exact) mass is 294 g/mol. The summed E-state index contributed by atoms with van der Waals surface area (Å²) in [6.07, 6.45) is 0. The van der Waals surface area contributed by atoms with Gasteiger partial charge in [0, 0.05) is 18.2 Å². The zero-order chi connectivity index (χ0) is 16.4. The molecule has 1 N–H and O–H groups in total. The first-order chi connectivity index (χ1) is 9.48. The lowest BCUT2D eigenvalue weighted by Gasteiger charge is -2.30. The van der Waals surface area contributed by atoms with Crippen LogP contribution in [-0.2, 0) is 15.6 Å². The Balaban J connectivity index is 3.65. The van der Waals surface area contributed by atoms with Gasteiger partial charge in [-0.2, -0.15) is 0 Å². The lowest BCUT2D eigenvalue weighted by molar-refractivity contribution is 0.0484. The molecule has 1 aromatic rings. The number of methoxy groups -OCH3 is 1. The van der Waals surface area contributed by atoms with Crippen molar-refractivity contribution in [3.8, 4) is 5.75 Å². The van der Waals surface area contributed by atoms with Crippen molar-refractivity contribution < 1.29 is 19.4 Å². The van der Waals surface area contributed by atoms with Crippen LogP contribution < -0.4 is 4.74 Å². The fourth-order valence-corrected chi connectivity index (χ4v) is 2.14. The Morgan fingerprint density at radius 2 is 1.48 bits per heavy atom. The number of carbonyl (C=O) groups is 1. The first-order valence-corrected chi connectivity index (χ1v) is 7.02. The zero-order valence-electron chi connectivity index (χ0n) is 14.0. The molecule has 0 aliphatic rings. The second-order valence-electron chi connectivity index (χ2n) is 7.26. The SMILES string of the molecule is COCOc1c(C(C)(C)C)cc(C(=O)O)cc1C(C)(C)C. The molecule has 0 aliphatic carbocycles. The predicted molar refractivity (Wildman–Crippen MR) is 83.3 cm³/mol. The fourth-order valence-electron chi connectivity index (χ4n) is 2.14. The van der Waals surface area contributed by atoms with Crippen molar-refractivity contribution in [2.75, 3.05) is 13.9 Å². The number of carboxylic acids is 1. The van der Waals surface area contributed by atoms with Gasteiger partial charge in [0.2, 0.25) is 0 Å². The van der Waals surface area contributed by atoms with Crippen molar-refractivity contribution in [3.05, 3.63) is 28.8 Å². The van der Waals surface area contributed by atoms with Gasteiger partial charge in [0.05, 0.1) is 5.56 Å². The van der Waals surface area contributed by atoms with Crippen molar-refractivity contribution in [2.45, 2.75) is 52.4 Å². The molecule has 0 fully saturated rings. The van der Waals surface area contributed by atoms with E-state index in [1.54, 1.807) is 19.2 Å². The minimum Gasteiger partial charge on any atom is -0.478 e. The van der Waals surface area contributed by atoms with E-state index in [2.05, 4.69) is 0 Å². The summed E-state index contributed by atoms with van der Waals surface area (Å²) in [5.74, 6) is -0.203. The highest BCUT2D eigenvalue weighted by Crippen LogP contribution is 2.40. The predicted octanol–water partition coefficient (Wildman–Crippen LogP) is 3.96. The summed E-state index contributed by atoms with van der Waals surface area (Å²) in [6, 6.07) is 3.39. The average Bonchev–Trinajstić information content (AvgIpc) is 2.32. The third-order valence-corrected chi connectivity index (χ3v) is 3.27. The van der Waals surface area contributed by atoms with E-state index in [0.29, 0.717) is 0 Å². The number of ether oxygens (including phenoxy) is 2. The first-order valence-electron chi connectivity index (χ1n) is 7.02. The third-order valence-electron chi connectivity index (χ3n) is 3.27. The second kappa shape index (κ2) is 6.06. The highest BCUT2D eigenvalue weighted by atomic mass is 16.7. The molecular formula is C17H26O4. The Labute approximate surface area is 127 Å². The quantitative estimate of drug-likeness (QED) is 0.854. The summed E-state index contributed by atoms with van der Waals surface area (Å²) < 4.78 is 10.8. The van der Waals surface area contributed by atoms with Crippen molar-refractivity contribution >= 4 is 5.97 Å². The van der Waals surface area contributed by atoms with Crippen molar-refractivity contribution in [2.24, 2.45) is 0 Å². The van der Waals surface area contributed by atoms with Crippen LogP contribution in [0.25, 0.3) is 0 Å². The summed E-state index contributed by atoms with van der Waals surface area (Å²) in [7, 11) is 1.57. The molecule has 118 valence electrons. The molecule has 1 aromatic carbocycles. The summed E-state index contributed by atoms with van der Waals surface area (Å²) >= 11 is 0. The van der Waals surface area contributed by atoms with Gasteiger partial charge in [-0.15, -0.1) is 0 Å². The minimum absolute atomic E-state index is 0.137. The van der Waals surface area contributed by atoms with Gasteiger partial charge in [-0.05, 0) is 23.0 Å². The molecular weight excluding hydrogens is 268 g/mol. The van der Waals surface area contributed by atoms with Crippen LogP contribution in [0.5, 0.6) is 5.75 Å². The van der Waals surface area contributed by atoms with E-state index in [-0.39, 0.29) is 23.2 Å². The van der Waals surface area contributed by atoms with Gasteiger partial charge in [-0.1, -0.05) is 41.5 Å². The van der Waals surface area contributed by atoms with E-state index >= 15 is 0 Å². The normalized spacial score (nSPS) is 12.3. The van der Waals surface area contributed by atoms with E-state index in [4.69, 9.17) is 9.47 Å². The van der Waals surface area contributed by atoms with Crippen LogP contribution in [0.15, 0.2) is 12.1 Å². The van der Waals surface area contributed by atoms with E-state index in [9.17, 15) is 9.90 Å². The van der Waals surface area contributed by atoms with Gasteiger partial charge < -0.3 is 14.6 Å². The van der Waals surface area contributed by atoms with Crippen LogP contribution in [0, 0.1) is 0 Å². The van der Waals surface area contributed by atoms with Crippen molar-refractivity contribution in [1.29, 1.82) is 0 Å². The molecule has 0 aromatic heterocycles. The number of carboxylic acid groups (broad SMARTS) is 1. The number of aromatic carboxylic acids is 1. The van der Waals surface area contributed by atoms with Crippen LogP contribution >= 0.6 is 0 Å². The van der Waals surface area contributed by atoms with Crippen LogP contribution in [0.2, 0.25) is 0 Å². The molecule has 0 radical (unpaired) electrons. The molecule has 0 saturated carbocycles. The van der Waals surface area contributed by atoms with E-state index in [1.807, 2.05) is 41.5 Å². The Bertz CT molecular complexity index is 484. The molecule has 1 rings (SSSR count). The Kier molecular flexibility index (Phi) is 5.05. The van der Waals surface area contributed by atoms with E-state index in [1.165, 1.54) is 0 Å². The van der Waals surface area contributed by atoms with Gasteiger partial charge in [-0.3, -0.25) is 0 Å². The van der Waals surface area contributed by atoms with Crippen molar-refractivity contribution in [3.63, 3.8) is 0 Å². The molecule has 21 heavy (non-hydrogen) atoms. The molecule has 4 heteroatoms. The van der Waals surface area contributed by atoms with Crippen LogP contribution in [0.4, 0.5) is 0 Å². The topological polar surface area (TPSA) is 55.8 Å². The molecule has 0 atom stereocenters. The van der Waals surface area contributed by atoms with Gasteiger partial charge in [0.25, 0.3) is 0 Å². The molecule has 0 amide bonds. The maximum absolute atomic E-state index is 11.4. The average molecular weight is 294 g/mol. The van der Waals surface area contributed by atoms with Crippen LogP contribution in [-0.4, -0.2) is 25.0 Å². The number of benzene rings is 1. The highest BCUT2D eigenvalue weighted by molar-refractivity contribution is 5.88. The van der Waals surface area contributed by atoms with Gasteiger partial charge in [0.1, 0.15) is 5.75 Å². The Hall–Kier alpha value is -1.55. The Morgan fingerprint density at radius 1 is 1.05 bits per heavy atom. The molecule has 0 spiro atoms. The van der Waals surface area contributed by atoms with E-state index in [0.717, 1.165) is 16.9 Å². The summed E-state index contributed by atoms with van der Waals surface area (Å²) in [6.45, 7) is 12.4. The maximum Gasteiger partial charge on any atom is 0.335 e. The van der Waals surface area contributed by atoms with Crippen molar-refractivity contribution in [1.82, 2.24) is 0 Å². The van der Waals surface area contributed by atoms with Gasteiger partial charge >= 0.3 is 5.97 Å². The second-order valence-corrected chi connectivity index (χ2v) is 7.26.